The number of quaternary nitrogens is 1. The molecule has 0 aliphatic carbocycles. The van der Waals surface area contributed by atoms with Crippen LogP contribution in [0.15, 0.2) is 60.8 Å². The number of phosphoric ester groups is 1. The number of esters is 2. The molecule has 2 N–H and O–H groups in total. The van der Waals surface area contributed by atoms with Crippen molar-refractivity contribution >= 4 is 19.8 Å². The molecule has 3 atom stereocenters. The van der Waals surface area contributed by atoms with Crippen LogP contribution in [0.1, 0.15) is 136 Å². The molecule has 306 valence electrons. The van der Waals surface area contributed by atoms with Crippen LogP contribution in [0, 0.1) is 0 Å². The Morgan fingerprint density at radius 1 is 0.660 bits per heavy atom. The van der Waals surface area contributed by atoms with Crippen molar-refractivity contribution in [2.75, 3.05) is 47.5 Å². The van der Waals surface area contributed by atoms with Gasteiger partial charge in [-0.3, -0.25) is 18.6 Å². The van der Waals surface area contributed by atoms with Gasteiger partial charge in [0.25, 0.3) is 0 Å². The SMILES string of the molecule is CCCC/C=C\CCCCCCCC(=O)OC[C@H](COP(=O)(O)OCC[N+](C)(C)C)OC(=O)CCC/C=C\C/C=C\C/C=C\C/C=C\CC[C@H](O)CC. The highest BCUT2D eigenvalue weighted by Crippen LogP contribution is 2.43. The minimum Gasteiger partial charge on any atom is -0.462 e. The summed E-state index contributed by atoms with van der Waals surface area (Å²) in [5.41, 5.74) is 0. The second-order valence-corrected chi connectivity index (χ2v) is 15.9. The summed E-state index contributed by atoms with van der Waals surface area (Å²) in [6.45, 7) is 3.99. The third-order valence-corrected chi connectivity index (χ3v) is 9.17. The van der Waals surface area contributed by atoms with Crippen molar-refractivity contribution in [1.29, 1.82) is 0 Å². The summed E-state index contributed by atoms with van der Waals surface area (Å²) in [6.07, 6.45) is 36.5. The van der Waals surface area contributed by atoms with E-state index < -0.39 is 32.5 Å². The summed E-state index contributed by atoms with van der Waals surface area (Å²) >= 11 is 0. The lowest BCUT2D eigenvalue weighted by molar-refractivity contribution is -0.870. The molecule has 0 saturated heterocycles. The molecule has 0 aromatic carbocycles. The molecular weight excluding hydrogens is 693 g/mol. The summed E-state index contributed by atoms with van der Waals surface area (Å²) < 4.78 is 34.1. The topological polar surface area (TPSA) is 129 Å². The average Bonchev–Trinajstić information content (AvgIpc) is 3.10. The highest BCUT2D eigenvalue weighted by atomic mass is 31.2. The number of allylic oxidation sites excluding steroid dienone is 10. The van der Waals surface area contributed by atoms with E-state index in [1.165, 1.54) is 12.8 Å². The Bertz CT molecular complexity index is 1110. The van der Waals surface area contributed by atoms with Crippen LogP contribution in [0.4, 0.5) is 0 Å². The van der Waals surface area contributed by atoms with E-state index in [2.05, 4.69) is 61.6 Å². The molecule has 0 aromatic heterocycles. The summed E-state index contributed by atoms with van der Waals surface area (Å²) in [5, 5.41) is 9.56. The van der Waals surface area contributed by atoms with Crippen molar-refractivity contribution in [2.24, 2.45) is 0 Å². The number of hydrogen-bond acceptors (Lipinski definition) is 8. The van der Waals surface area contributed by atoms with Gasteiger partial charge in [0, 0.05) is 12.8 Å². The van der Waals surface area contributed by atoms with Crippen LogP contribution in [0.2, 0.25) is 0 Å². The molecule has 53 heavy (non-hydrogen) atoms. The number of aliphatic hydroxyl groups excluding tert-OH is 1. The Hall–Kier alpha value is -2.33. The van der Waals surface area contributed by atoms with E-state index in [0.29, 0.717) is 30.3 Å². The largest absolute Gasteiger partial charge is 0.472 e. The quantitative estimate of drug-likeness (QED) is 0.0213. The van der Waals surface area contributed by atoms with E-state index in [0.717, 1.165) is 77.0 Å². The standard InChI is InChI=1S/C42H74NO9P/c1-6-8-9-10-11-12-17-21-24-27-30-33-41(45)49-37-40(38-51-53(47,48)50-36-35-43(3,4)5)52-42(46)34-31-28-25-22-19-16-14-13-15-18-20-23-26-29-32-39(44)7-2/h10-11,14-16,18,22-23,25-26,39-40,44H,6-9,12-13,17,19-21,24,27-38H2,1-5H3/p+1/b11-10-,16-14-,18-15-,25-22-,26-23-/t39-,40-/m1/s1. The maximum atomic E-state index is 12.6. The number of carbonyl (C=O) groups is 2. The minimum atomic E-state index is -4.40. The lowest BCUT2D eigenvalue weighted by Gasteiger charge is -2.24. The van der Waals surface area contributed by atoms with Gasteiger partial charge in [0.1, 0.15) is 19.8 Å². The van der Waals surface area contributed by atoms with Gasteiger partial charge < -0.3 is 24.0 Å². The molecule has 11 heteroatoms. The molecule has 0 fully saturated rings. The molecule has 0 heterocycles. The second kappa shape index (κ2) is 34.2. The predicted molar refractivity (Wildman–Crippen MR) is 216 cm³/mol. The van der Waals surface area contributed by atoms with Crippen molar-refractivity contribution in [3.05, 3.63) is 60.8 Å². The van der Waals surface area contributed by atoms with Gasteiger partial charge in [0.2, 0.25) is 0 Å². The summed E-state index contributed by atoms with van der Waals surface area (Å²) in [7, 11) is 1.40. The zero-order valence-corrected chi connectivity index (χ0v) is 34.7. The number of unbranched alkanes of at least 4 members (excludes halogenated alkanes) is 8. The normalized spacial score (nSPS) is 14.9. The van der Waals surface area contributed by atoms with Gasteiger partial charge in [-0.05, 0) is 77.0 Å². The maximum Gasteiger partial charge on any atom is 0.472 e. The fraction of sp³-hybridized carbons (Fsp3) is 0.714. The van der Waals surface area contributed by atoms with E-state index in [1.807, 2.05) is 34.1 Å². The van der Waals surface area contributed by atoms with Crippen LogP contribution in [0.5, 0.6) is 0 Å². The molecule has 0 saturated carbocycles. The Labute approximate surface area is 322 Å². The van der Waals surface area contributed by atoms with E-state index >= 15 is 0 Å². The lowest BCUT2D eigenvalue weighted by Crippen LogP contribution is -2.37. The third kappa shape index (κ3) is 37.8. The predicted octanol–water partition coefficient (Wildman–Crippen LogP) is 9.87. The first-order valence-electron chi connectivity index (χ1n) is 20.1. The first-order valence-corrected chi connectivity index (χ1v) is 21.6. The van der Waals surface area contributed by atoms with E-state index in [4.69, 9.17) is 18.5 Å². The molecule has 0 spiro atoms. The van der Waals surface area contributed by atoms with Crippen LogP contribution >= 0.6 is 7.82 Å². The first-order chi connectivity index (χ1) is 25.4. The fourth-order valence-electron chi connectivity index (χ4n) is 4.79. The van der Waals surface area contributed by atoms with Gasteiger partial charge in [-0.1, -0.05) is 107 Å². The lowest BCUT2D eigenvalue weighted by atomic mass is 10.1. The number of likely N-dealkylation sites (N-methyl/N-ethyl adjacent to an activating group) is 1. The molecular formula is C42H75NO9P+. The van der Waals surface area contributed by atoms with E-state index in [9.17, 15) is 24.2 Å². The van der Waals surface area contributed by atoms with Crippen LogP contribution in [-0.2, 0) is 32.7 Å². The van der Waals surface area contributed by atoms with Crippen molar-refractivity contribution in [2.45, 2.75) is 148 Å². The molecule has 0 radical (unpaired) electrons. The van der Waals surface area contributed by atoms with Crippen LogP contribution < -0.4 is 0 Å². The third-order valence-electron chi connectivity index (χ3n) is 8.18. The van der Waals surface area contributed by atoms with Gasteiger partial charge in [0.05, 0.1) is 33.9 Å². The Balaban J connectivity index is 4.54. The summed E-state index contributed by atoms with van der Waals surface area (Å²) in [4.78, 5) is 35.2. The second-order valence-electron chi connectivity index (χ2n) is 14.5. The van der Waals surface area contributed by atoms with Gasteiger partial charge >= 0.3 is 19.8 Å². The fourth-order valence-corrected chi connectivity index (χ4v) is 5.53. The number of ether oxygens (including phenoxy) is 2. The molecule has 0 aliphatic rings. The molecule has 10 nitrogen and oxygen atoms in total. The van der Waals surface area contributed by atoms with Crippen molar-refractivity contribution < 1.29 is 47.2 Å². The van der Waals surface area contributed by atoms with E-state index in [1.54, 1.807) is 0 Å². The molecule has 0 bridgehead atoms. The molecule has 0 aromatic rings. The summed E-state index contributed by atoms with van der Waals surface area (Å²) in [5.74, 6) is -0.902. The summed E-state index contributed by atoms with van der Waals surface area (Å²) in [6, 6.07) is 0. The van der Waals surface area contributed by atoms with Crippen molar-refractivity contribution in [3.63, 3.8) is 0 Å². The van der Waals surface area contributed by atoms with Crippen LogP contribution in [0.25, 0.3) is 0 Å². The van der Waals surface area contributed by atoms with Crippen molar-refractivity contribution in [3.8, 4) is 0 Å². The van der Waals surface area contributed by atoms with E-state index in [-0.39, 0.29) is 32.2 Å². The maximum absolute atomic E-state index is 12.6. The Morgan fingerprint density at radius 2 is 1.19 bits per heavy atom. The Morgan fingerprint density at radius 3 is 1.81 bits per heavy atom. The van der Waals surface area contributed by atoms with Crippen LogP contribution in [-0.4, -0.2) is 86.1 Å². The van der Waals surface area contributed by atoms with Crippen LogP contribution in [0.3, 0.4) is 0 Å². The molecule has 0 aliphatic heterocycles. The highest BCUT2D eigenvalue weighted by molar-refractivity contribution is 7.47. The number of carbonyl (C=O) groups excluding carboxylic acids is 2. The zero-order chi connectivity index (χ0) is 39.5. The first kappa shape index (κ1) is 50.7. The van der Waals surface area contributed by atoms with Gasteiger partial charge in [-0.2, -0.15) is 0 Å². The monoisotopic (exact) mass is 769 g/mol. The zero-order valence-electron chi connectivity index (χ0n) is 33.8. The minimum absolute atomic E-state index is 0.0113. The molecule has 1 unspecified atom stereocenters. The number of phosphoric acid groups is 1. The average molecular weight is 769 g/mol. The number of hydrogen-bond donors (Lipinski definition) is 2. The number of nitrogens with zero attached hydrogens (tertiary/aromatic N) is 1. The van der Waals surface area contributed by atoms with Gasteiger partial charge in [-0.15, -0.1) is 0 Å². The smallest absolute Gasteiger partial charge is 0.462 e. The number of rotatable bonds is 35. The van der Waals surface area contributed by atoms with Crippen molar-refractivity contribution in [1.82, 2.24) is 0 Å². The molecule has 0 amide bonds. The Kier molecular flexibility index (Phi) is 32.7. The highest BCUT2D eigenvalue weighted by Gasteiger charge is 2.27. The van der Waals surface area contributed by atoms with Gasteiger partial charge in [0.15, 0.2) is 6.10 Å². The van der Waals surface area contributed by atoms with Gasteiger partial charge in [-0.25, -0.2) is 4.57 Å². The molecule has 0 rings (SSSR count). The number of aliphatic hydroxyl groups is 1.